The molecule has 2 aromatic rings. The standard InChI is InChI=1S/C8H11N5/c1-10-5-7-11-8-4-2-3-6(9)13(8)12-7/h2-4,10H,5,9H2,1H3. The van der Waals surface area contributed by atoms with Crippen molar-refractivity contribution in [3.63, 3.8) is 0 Å². The summed E-state index contributed by atoms with van der Waals surface area (Å²) in [4.78, 5) is 4.27. The second-order valence-electron chi connectivity index (χ2n) is 2.78. The van der Waals surface area contributed by atoms with Gasteiger partial charge in [-0.05, 0) is 19.2 Å². The molecule has 2 heterocycles. The summed E-state index contributed by atoms with van der Waals surface area (Å²) in [5, 5.41) is 7.21. The third-order valence-corrected chi connectivity index (χ3v) is 1.77. The Morgan fingerprint density at radius 2 is 2.38 bits per heavy atom. The summed E-state index contributed by atoms with van der Waals surface area (Å²) in [5.74, 6) is 1.35. The summed E-state index contributed by atoms with van der Waals surface area (Å²) in [6.07, 6.45) is 0. The highest BCUT2D eigenvalue weighted by atomic mass is 15.3. The van der Waals surface area contributed by atoms with Crippen molar-refractivity contribution in [1.82, 2.24) is 19.9 Å². The minimum Gasteiger partial charge on any atom is -0.384 e. The van der Waals surface area contributed by atoms with Crippen molar-refractivity contribution < 1.29 is 0 Å². The van der Waals surface area contributed by atoms with E-state index in [1.54, 1.807) is 10.6 Å². The third-order valence-electron chi connectivity index (χ3n) is 1.77. The molecule has 5 heteroatoms. The average Bonchev–Trinajstić information content (AvgIpc) is 2.49. The first-order chi connectivity index (χ1) is 6.31. The fourth-order valence-electron chi connectivity index (χ4n) is 1.20. The zero-order valence-electron chi connectivity index (χ0n) is 7.36. The van der Waals surface area contributed by atoms with Crippen molar-refractivity contribution in [1.29, 1.82) is 0 Å². The third kappa shape index (κ3) is 1.33. The quantitative estimate of drug-likeness (QED) is 0.679. The fraction of sp³-hybridized carbons (Fsp3) is 0.250. The van der Waals surface area contributed by atoms with E-state index in [-0.39, 0.29) is 0 Å². The van der Waals surface area contributed by atoms with Crippen LogP contribution >= 0.6 is 0 Å². The van der Waals surface area contributed by atoms with Crippen molar-refractivity contribution in [2.45, 2.75) is 6.54 Å². The molecule has 0 bridgehead atoms. The Labute approximate surface area is 75.6 Å². The first-order valence-corrected chi connectivity index (χ1v) is 4.06. The van der Waals surface area contributed by atoms with Gasteiger partial charge in [0.05, 0.1) is 6.54 Å². The highest BCUT2D eigenvalue weighted by Gasteiger charge is 2.03. The number of nitrogens with one attached hydrogen (secondary N) is 1. The molecule has 2 rings (SSSR count). The molecule has 0 radical (unpaired) electrons. The van der Waals surface area contributed by atoms with Crippen LogP contribution < -0.4 is 11.1 Å². The van der Waals surface area contributed by atoms with E-state index in [4.69, 9.17) is 5.73 Å². The number of rotatable bonds is 2. The summed E-state index contributed by atoms with van der Waals surface area (Å²) in [5.41, 5.74) is 6.49. The molecule has 3 N–H and O–H groups in total. The number of hydrogen-bond donors (Lipinski definition) is 2. The first kappa shape index (κ1) is 8.00. The normalized spacial score (nSPS) is 10.8. The van der Waals surface area contributed by atoms with Gasteiger partial charge >= 0.3 is 0 Å². The van der Waals surface area contributed by atoms with Crippen LogP contribution in [0, 0.1) is 0 Å². The molecule has 0 aliphatic heterocycles. The fourth-order valence-corrected chi connectivity index (χ4v) is 1.20. The van der Waals surface area contributed by atoms with Crippen LogP contribution in [0.3, 0.4) is 0 Å². The molecule has 0 saturated heterocycles. The summed E-state index contributed by atoms with van der Waals surface area (Å²) < 4.78 is 1.63. The Morgan fingerprint density at radius 3 is 3.08 bits per heavy atom. The molecular weight excluding hydrogens is 166 g/mol. The second kappa shape index (κ2) is 3.02. The summed E-state index contributed by atoms with van der Waals surface area (Å²) in [6.45, 7) is 0.654. The molecule has 0 fully saturated rings. The van der Waals surface area contributed by atoms with Crippen molar-refractivity contribution in [3.8, 4) is 0 Å². The van der Waals surface area contributed by atoms with Crippen LogP contribution in [0.1, 0.15) is 5.82 Å². The highest BCUT2D eigenvalue weighted by Crippen LogP contribution is 2.06. The Kier molecular flexibility index (Phi) is 1.86. The van der Waals surface area contributed by atoms with E-state index in [0.29, 0.717) is 12.4 Å². The molecule has 0 amide bonds. The molecule has 0 saturated carbocycles. The maximum Gasteiger partial charge on any atom is 0.165 e. The Balaban J connectivity index is 2.55. The predicted octanol–water partition coefficient (Wildman–Crippen LogP) is 0.0309. The number of nitrogen functional groups attached to an aromatic ring is 1. The SMILES string of the molecule is CNCc1nc2cccc(N)n2n1. The van der Waals surface area contributed by atoms with Crippen LogP contribution in [-0.4, -0.2) is 21.6 Å². The van der Waals surface area contributed by atoms with E-state index in [1.807, 2.05) is 19.2 Å². The zero-order valence-corrected chi connectivity index (χ0v) is 7.36. The lowest BCUT2D eigenvalue weighted by Gasteiger charge is -1.94. The summed E-state index contributed by atoms with van der Waals surface area (Å²) in [7, 11) is 1.86. The molecule has 0 aliphatic carbocycles. The highest BCUT2D eigenvalue weighted by molar-refractivity contribution is 5.45. The smallest absolute Gasteiger partial charge is 0.165 e. The largest absolute Gasteiger partial charge is 0.384 e. The molecule has 5 nitrogen and oxygen atoms in total. The Bertz CT molecular complexity index is 419. The van der Waals surface area contributed by atoms with Crippen LogP contribution in [0.5, 0.6) is 0 Å². The topological polar surface area (TPSA) is 68.2 Å². The molecule has 0 aliphatic rings. The Hall–Kier alpha value is -1.62. The van der Waals surface area contributed by atoms with Gasteiger partial charge in [0.2, 0.25) is 0 Å². The second-order valence-corrected chi connectivity index (χ2v) is 2.78. The lowest BCUT2D eigenvalue weighted by atomic mass is 10.4. The number of hydrogen-bond acceptors (Lipinski definition) is 4. The molecule has 0 spiro atoms. The number of fused-ring (bicyclic) bond motifs is 1. The van der Waals surface area contributed by atoms with E-state index in [9.17, 15) is 0 Å². The van der Waals surface area contributed by atoms with Crippen LogP contribution in [0.25, 0.3) is 5.65 Å². The lowest BCUT2D eigenvalue weighted by Crippen LogP contribution is -2.07. The van der Waals surface area contributed by atoms with Gasteiger partial charge in [0.1, 0.15) is 5.82 Å². The van der Waals surface area contributed by atoms with Crippen molar-refractivity contribution in [3.05, 3.63) is 24.0 Å². The van der Waals surface area contributed by atoms with Crippen molar-refractivity contribution in [2.75, 3.05) is 12.8 Å². The van der Waals surface area contributed by atoms with Crippen LogP contribution in [0.2, 0.25) is 0 Å². The van der Waals surface area contributed by atoms with Gasteiger partial charge in [0.15, 0.2) is 11.5 Å². The minimum absolute atomic E-state index is 0.604. The predicted molar refractivity (Wildman–Crippen MR) is 50.2 cm³/mol. The minimum atomic E-state index is 0.604. The molecule has 2 aromatic heterocycles. The van der Waals surface area contributed by atoms with Gasteiger partial charge < -0.3 is 11.1 Å². The van der Waals surface area contributed by atoms with Crippen molar-refractivity contribution >= 4 is 11.5 Å². The van der Waals surface area contributed by atoms with Gasteiger partial charge in [-0.1, -0.05) is 6.07 Å². The van der Waals surface area contributed by atoms with Gasteiger partial charge in [0.25, 0.3) is 0 Å². The number of aromatic nitrogens is 3. The van der Waals surface area contributed by atoms with Crippen molar-refractivity contribution in [2.24, 2.45) is 0 Å². The monoisotopic (exact) mass is 177 g/mol. The van der Waals surface area contributed by atoms with Crippen LogP contribution in [-0.2, 0) is 6.54 Å². The van der Waals surface area contributed by atoms with E-state index in [2.05, 4.69) is 15.4 Å². The van der Waals surface area contributed by atoms with E-state index in [0.717, 1.165) is 11.5 Å². The van der Waals surface area contributed by atoms with Gasteiger partial charge in [-0.25, -0.2) is 4.98 Å². The number of nitrogens with zero attached hydrogens (tertiary/aromatic N) is 3. The van der Waals surface area contributed by atoms with Gasteiger partial charge in [0, 0.05) is 0 Å². The summed E-state index contributed by atoms with van der Waals surface area (Å²) in [6, 6.07) is 5.54. The van der Waals surface area contributed by atoms with E-state index >= 15 is 0 Å². The number of nitrogens with two attached hydrogens (primary N) is 1. The Morgan fingerprint density at radius 1 is 1.54 bits per heavy atom. The summed E-state index contributed by atoms with van der Waals surface area (Å²) >= 11 is 0. The van der Waals surface area contributed by atoms with Gasteiger partial charge in [-0.3, -0.25) is 0 Å². The molecule has 0 atom stereocenters. The molecular formula is C8H11N5. The zero-order chi connectivity index (χ0) is 9.26. The maximum absolute atomic E-state index is 5.71. The van der Waals surface area contributed by atoms with E-state index < -0.39 is 0 Å². The van der Waals surface area contributed by atoms with Gasteiger partial charge in [-0.15, -0.1) is 5.10 Å². The lowest BCUT2D eigenvalue weighted by molar-refractivity contribution is 0.754. The van der Waals surface area contributed by atoms with E-state index in [1.165, 1.54) is 0 Å². The number of pyridine rings is 1. The molecule has 0 unspecified atom stereocenters. The first-order valence-electron chi connectivity index (χ1n) is 4.06. The molecule has 68 valence electrons. The maximum atomic E-state index is 5.71. The van der Waals surface area contributed by atoms with Crippen LogP contribution in [0.15, 0.2) is 18.2 Å². The van der Waals surface area contributed by atoms with Crippen LogP contribution in [0.4, 0.5) is 5.82 Å². The van der Waals surface area contributed by atoms with Gasteiger partial charge in [-0.2, -0.15) is 4.52 Å². The molecule has 13 heavy (non-hydrogen) atoms. The molecule has 0 aromatic carbocycles. The number of anilines is 1. The average molecular weight is 177 g/mol.